The van der Waals surface area contributed by atoms with Gasteiger partial charge in [-0.05, 0) is 18.7 Å². The van der Waals surface area contributed by atoms with Crippen molar-refractivity contribution in [2.75, 3.05) is 6.54 Å². The van der Waals surface area contributed by atoms with E-state index in [1.165, 1.54) is 6.08 Å². The molecule has 0 heterocycles. The first kappa shape index (κ1) is 10.6. The van der Waals surface area contributed by atoms with E-state index in [2.05, 4.69) is 5.32 Å². The fraction of sp³-hybridized carbons (Fsp3) is 0.429. The summed E-state index contributed by atoms with van der Waals surface area (Å²) >= 11 is 0. The Morgan fingerprint density at radius 2 is 2.42 bits per heavy atom. The Hall–Kier alpha value is -1.36. The lowest BCUT2D eigenvalue weighted by Gasteiger charge is -2.04. The van der Waals surface area contributed by atoms with Crippen molar-refractivity contribution < 1.29 is 9.90 Å². The van der Waals surface area contributed by atoms with Crippen LogP contribution in [0, 0.1) is 5.41 Å². The Labute approximate surface area is 70.8 Å². The molecule has 5 nitrogen and oxygen atoms in total. The largest absolute Gasteiger partial charge is 0.480 e. The third-order valence-electron chi connectivity index (χ3n) is 1.23. The Kier molecular flexibility index (Phi) is 5.64. The van der Waals surface area contributed by atoms with Crippen LogP contribution in [0.25, 0.3) is 0 Å². The summed E-state index contributed by atoms with van der Waals surface area (Å²) in [7, 11) is 0. The molecular formula is C7H13N3O2. The summed E-state index contributed by atoms with van der Waals surface area (Å²) in [5.41, 5.74) is 5.22. The zero-order valence-corrected chi connectivity index (χ0v) is 6.66. The van der Waals surface area contributed by atoms with E-state index in [1.54, 1.807) is 6.20 Å². The van der Waals surface area contributed by atoms with Crippen LogP contribution in [0.15, 0.2) is 12.3 Å². The molecule has 0 aromatic carbocycles. The molecule has 0 spiro atoms. The highest BCUT2D eigenvalue weighted by molar-refractivity contribution is 5.73. The van der Waals surface area contributed by atoms with Crippen molar-refractivity contribution in [2.45, 2.75) is 12.5 Å². The maximum Gasteiger partial charge on any atom is 0.320 e. The monoisotopic (exact) mass is 171 g/mol. The Bertz CT molecular complexity index is 179. The van der Waals surface area contributed by atoms with Crippen LogP contribution < -0.4 is 11.1 Å². The predicted molar refractivity (Wildman–Crippen MR) is 46.2 cm³/mol. The van der Waals surface area contributed by atoms with Crippen LogP contribution in [-0.4, -0.2) is 29.9 Å². The van der Waals surface area contributed by atoms with Crippen molar-refractivity contribution in [3.05, 3.63) is 12.3 Å². The second kappa shape index (κ2) is 6.36. The van der Waals surface area contributed by atoms with Crippen LogP contribution >= 0.6 is 0 Å². The maximum absolute atomic E-state index is 10.2. The number of hydrogen-bond donors (Lipinski definition) is 4. The zero-order chi connectivity index (χ0) is 9.40. The summed E-state index contributed by atoms with van der Waals surface area (Å²) in [5, 5.41) is 17.8. The first-order chi connectivity index (χ1) is 5.68. The highest BCUT2D eigenvalue weighted by Crippen LogP contribution is 1.85. The molecule has 0 saturated carbocycles. The van der Waals surface area contributed by atoms with Crippen molar-refractivity contribution in [3.8, 4) is 0 Å². The maximum atomic E-state index is 10.2. The number of carbonyl (C=O) groups is 1. The van der Waals surface area contributed by atoms with Gasteiger partial charge in [0.15, 0.2) is 0 Å². The summed E-state index contributed by atoms with van der Waals surface area (Å²) < 4.78 is 0. The topological polar surface area (TPSA) is 99.2 Å². The number of aliphatic carboxylic acids is 1. The van der Waals surface area contributed by atoms with Crippen LogP contribution in [0.2, 0.25) is 0 Å². The molecule has 0 aromatic rings. The average Bonchev–Trinajstić information content (AvgIpc) is 2.03. The highest BCUT2D eigenvalue weighted by Gasteiger charge is 2.08. The molecule has 5 N–H and O–H groups in total. The van der Waals surface area contributed by atoms with Crippen LogP contribution in [0.4, 0.5) is 0 Å². The summed E-state index contributed by atoms with van der Waals surface area (Å²) in [6.45, 7) is 0.498. The summed E-state index contributed by atoms with van der Waals surface area (Å²) in [4.78, 5) is 10.2. The number of carboxylic acid groups (broad SMARTS) is 1. The van der Waals surface area contributed by atoms with Crippen molar-refractivity contribution in [2.24, 2.45) is 5.73 Å². The third-order valence-corrected chi connectivity index (χ3v) is 1.23. The molecule has 0 amide bonds. The minimum absolute atomic E-state index is 0.373. The molecule has 5 heteroatoms. The Balaban J connectivity index is 3.37. The van der Waals surface area contributed by atoms with Gasteiger partial charge in [-0.15, -0.1) is 0 Å². The van der Waals surface area contributed by atoms with Crippen molar-refractivity contribution in [1.82, 2.24) is 5.32 Å². The van der Waals surface area contributed by atoms with Crippen LogP contribution in [-0.2, 0) is 4.79 Å². The van der Waals surface area contributed by atoms with E-state index in [-0.39, 0.29) is 0 Å². The molecule has 0 aliphatic heterocycles. The van der Waals surface area contributed by atoms with E-state index in [0.29, 0.717) is 13.0 Å². The Morgan fingerprint density at radius 3 is 2.92 bits per heavy atom. The highest BCUT2D eigenvalue weighted by atomic mass is 16.4. The first-order valence-corrected chi connectivity index (χ1v) is 3.56. The summed E-state index contributed by atoms with van der Waals surface area (Å²) in [6, 6.07) is -0.814. The van der Waals surface area contributed by atoms with Crippen LogP contribution in [0.3, 0.4) is 0 Å². The molecule has 0 rings (SSSR count). The van der Waals surface area contributed by atoms with E-state index in [4.69, 9.17) is 16.2 Å². The molecule has 68 valence electrons. The number of hydrogen-bond acceptors (Lipinski definition) is 4. The first-order valence-electron chi connectivity index (χ1n) is 3.56. The van der Waals surface area contributed by atoms with E-state index < -0.39 is 12.0 Å². The van der Waals surface area contributed by atoms with Gasteiger partial charge in [0.25, 0.3) is 0 Å². The average molecular weight is 171 g/mol. The molecule has 0 aromatic heterocycles. The molecule has 0 bridgehead atoms. The summed E-state index contributed by atoms with van der Waals surface area (Å²) in [6.07, 6.45) is 4.58. The molecule has 0 saturated heterocycles. The van der Waals surface area contributed by atoms with Gasteiger partial charge < -0.3 is 21.6 Å². The van der Waals surface area contributed by atoms with Gasteiger partial charge in [-0.3, -0.25) is 4.79 Å². The molecule has 0 fully saturated rings. The van der Waals surface area contributed by atoms with Gasteiger partial charge >= 0.3 is 5.97 Å². The smallest absolute Gasteiger partial charge is 0.320 e. The molecule has 1 unspecified atom stereocenters. The second-order valence-corrected chi connectivity index (χ2v) is 2.21. The minimum Gasteiger partial charge on any atom is -0.480 e. The van der Waals surface area contributed by atoms with Gasteiger partial charge in [0.05, 0.1) is 0 Å². The fourth-order valence-corrected chi connectivity index (χ4v) is 0.562. The van der Waals surface area contributed by atoms with E-state index in [1.807, 2.05) is 0 Å². The normalized spacial score (nSPS) is 12.8. The molecular weight excluding hydrogens is 158 g/mol. The van der Waals surface area contributed by atoms with Crippen molar-refractivity contribution >= 4 is 12.2 Å². The third kappa shape index (κ3) is 5.43. The number of nitrogens with one attached hydrogen (secondary N) is 2. The molecule has 0 aliphatic carbocycles. The lowest BCUT2D eigenvalue weighted by atomic mass is 10.2. The van der Waals surface area contributed by atoms with Crippen LogP contribution in [0.5, 0.6) is 0 Å². The predicted octanol–water partition coefficient (Wildman–Crippen LogP) is -0.459. The number of nitrogens with two attached hydrogens (primary N) is 1. The summed E-state index contributed by atoms with van der Waals surface area (Å²) in [5.74, 6) is -0.993. The second-order valence-electron chi connectivity index (χ2n) is 2.21. The number of carboxylic acids is 1. The van der Waals surface area contributed by atoms with Gasteiger partial charge in [-0.1, -0.05) is 0 Å². The molecule has 1 atom stereocenters. The van der Waals surface area contributed by atoms with Gasteiger partial charge in [0.2, 0.25) is 0 Å². The van der Waals surface area contributed by atoms with Gasteiger partial charge in [0, 0.05) is 12.8 Å². The van der Waals surface area contributed by atoms with Crippen molar-refractivity contribution in [1.29, 1.82) is 5.41 Å². The van der Waals surface area contributed by atoms with E-state index in [0.717, 1.165) is 6.21 Å². The minimum atomic E-state index is -0.993. The van der Waals surface area contributed by atoms with Crippen LogP contribution in [0.1, 0.15) is 6.42 Å². The number of rotatable bonds is 6. The zero-order valence-electron chi connectivity index (χ0n) is 6.66. The quantitative estimate of drug-likeness (QED) is 0.321. The Morgan fingerprint density at radius 1 is 1.75 bits per heavy atom. The lowest BCUT2D eigenvalue weighted by Crippen LogP contribution is -2.32. The van der Waals surface area contributed by atoms with Gasteiger partial charge in [-0.2, -0.15) is 0 Å². The van der Waals surface area contributed by atoms with Gasteiger partial charge in [0.1, 0.15) is 6.04 Å². The van der Waals surface area contributed by atoms with E-state index >= 15 is 0 Å². The number of allylic oxidation sites excluding steroid dienone is 1. The molecule has 0 radical (unpaired) electrons. The van der Waals surface area contributed by atoms with Crippen molar-refractivity contribution in [3.63, 3.8) is 0 Å². The lowest BCUT2D eigenvalue weighted by molar-refractivity contribution is -0.138. The van der Waals surface area contributed by atoms with E-state index in [9.17, 15) is 4.79 Å². The van der Waals surface area contributed by atoms with Gasteiger partial charge in [-0.25, -0.2) is 0 Å². The molecule has 0 aliphatic rings. The fourth-order valence-electron chi connectivity index (χ4n) is 0.562. The SMILES string of the molecule is N=C/C=C\NCCC(N)C(=O)O. The standard InChI is InChI=1S/C7H13N3O2/c8-3-1-4-10-5-2-6(9)7(11)12/h1,3-4,6,8,10H,2,5,9H2,(H,11,12)/b4-1-,8-3?. The molecule has 12 heavy (non-hydrogen) atoms.